The van der Waals surface area contributed by atoms with Crippen LogP contribution < -0.4 is 4.90 Å². The summed E-state index contributed by atoms with van der Waals surface area (Å²) in [6, 6.07) is 17.3. The van der Waals surface area contributed by atoms with Crippen molar-refractivity contribution in [2.24, 2.45) is 0 Å². The molecule has 0 spiro atoms. The fourth-order valence-electron chi connectivity index (χ4n) is 2.83. The monoisotopic (exact) mass is 349 g/mol. The van der Waals surface area contributed by atoms with Crippen LogP contribution in [-0.2, 0) is 5.88 Å². The number of anilines is 1. The van der Waals surface area contributed by atoms with Gasteiger partial charge in [-0.05, 0) is 29.7 Å². The third kappa shape index (κ3) is 2.87. The van der Waals surface area contributed by atoms with Crippen LogP contribution in [0.5, 0.6) is 0 Å². The summed E-state index contributed by atoms with van der Waals surface area (Å²) in [6.07, 6.45) is 1.22. The molecule has 0 N–H and O–H groups in total. The maximum Gasteiger partial charge on any atom is 0.0485 e. The first kappa shape index (κ1) is 14.0. The first-order valence-corrected chi connectivity index (χ1v) is 8.25. The smallest absolute Gasteiger partial charge is 0.0485 e. The summed E-state index contributed by atoms with van der Waals surface area (Å²) in [5, 5.41) is 0. The molecular formula is C17H17BrClN. The standard InChI is InChI=1S/C17H17BrClN/c18-17-10-16(7-6-14(17)11-19)20-9-8-15(12-20)13-4-2-1-3-5-13/h1-7,10,15H,8-9,11-12H2. The SMILES string of the molecule is ClCc1ccc(N2CCC(c3ccccc3)C2)cc1Br. The van der Waals surface area contributed by atoms with E-state index in [-0.39, 0.29) is 0 Å². The highest BCUT2D eigenvalue weighted by Gasteiger charge is 2.24. The van der Waals surface area contributed by atoms with Crippen LogP contribution in [0.1, 0.15) is 23.5 Å². The summed E-state index contributed by atoms with van der Waals surface area (Å²) < 4.78 is 1.10. The van der Waals surface area contributed by atoms with Gasteiger partial charge in [-0.2, -0.15) is 0 Å². The summed E-state index contributed by atoms with van der Waals surface area (Å²) in [7, 11) is 0. The Morgan fingerprint density at radius 2 is 1.95 bits per heavy atom. The molecule has 1 unspecified atom stereocenters. The van der Waals surface area contributed by atoms with Gasteiger partial charge in [0.25, 0.3) is 0 Å². The minimum atomic E-state index is 0.549. The zero-order valence-electron chi connectivity index (χ0n) is 11.2. The maximum absolute atomic E-state index is 5.90. The molecule has 0 radical (unpaired) electrons. The van der Waals surface area contributed by atoms with Crippen molar-refractivity contribution in [3.63, 3.8) is 0 Å². The molecule has 3 rings (SSSR count). The third-order valence-corrected chi connectivity index (χ3v) is 5.03. The highest BCUT2D eigenvalue weighted by Crippen LogP contribution is 2.32. The Kier molecular flexibility index (Phi) is 4.32. The molecule has 0 saturated carbocycles. The molecule has 1 aliphatic rings. The van der Waals surface area contributed by atoms with Crippen molar-refractivity contribution < 1.29 is 0 Å². The van der Waals surface area contributed by atoms with E-state index in [1.807, 2.05) is 0 Å². The van der Waals surface area contributed by atoms with Crippen LogP contribution in [0.4, 0.5) is 5.69 Å². The Labute approximate surface area is 133 Å². The van der Waals surface area contributed by atoms with Gasteiger partial charge in [0.1, 0.15) is 0 Å². The van der Waals surface area contributed by atoms with Crippen LogP contribution in [0.2, 0.25) is 0 Å². The van der Waals surface area contributed by atoms with Gasteiger partial charge in [-0.3, -0.25) is 0 Å². The summed E-state index contributed by atoms with van der Waals surface area (Å²) >= 11 is 9.51. The summed E-state index contributed by atoms with van der Waals surface area (Å²) in [4.78, 5) is 2.46. The first-order chi connectivity index (χ1) is 9.78. The lowest BCUT2D eigenvalue weighted by Gasteiger charge is -2.20. The molecule has 1 heterocycles. The number of rotatable bonds is 3. The van der Waals surface area contributed by atoms with Crippen molar-refractivity contribution in [3.05, 3.63) is 64.1 Å². The molecule has 1 saturated heterocycles. The van der Waals surface area contributed by atoms with Gasteiger partial charge in [-0.1, -0.05) is 52.3 Å². The van der Waals surface area contributed by atoms with Crippen molar-refractivity contribution in [1.82, 2.24) is 0 Å². The molecule has 0 amide bonds. The largest absolute Gasteiger partial charge is 0.371 e. The second-order valence-corrected chi connectivity index (χ2v) is 6.37. The van der Waals surface area contributed by atoms with Crippen molar-refractivity contribution in [2.45, 2.75) is 18.2 Å². The van der Waals surface area contributed by atoms with E-state index >= 15 is 0 Å². The molecule has 0 aliphatic carbocycles. The molecule has 2 aromatic carbocycles. The Balaban J connectivity index is 1.76. The molecule has 0 bridgehead atoms. The molecule has 0 aromatic heterocycles. The van der Waals surface area contributed by atoms with E-state index in [2.05, 4.69) is 69.4 Å². The maximum atomic E-state index is 5.90. The van der Waals surface area contributed by atoms with Gasteiger partial charge in [-0.15, -0.1) is 11.6 Å². The van der Waals surface area contributed by atoms with E-state index in [0.29, 0.717) is 11.8 Å². The minimum absolute atomic E-state index is 0.549. The zero-order valence-corrected chi connectivity index (χ0v) is 13.6. The van der Waals surface area contributed by atoms with E-state index in [9.17, 15) is 0 Å². The van der Waals surface area contributed by atoms with Crippen molar-refractivity contribution in [2.75, 3.05) is 18.0 Å². The van der Waals surface area contributed by atoms with Gasteiger partial charge >= 0.3 is 0 Å². The van der Waals surface area contributed by atoms with Crippen molar-refractivity contribution >= 4 is 33.2 Å². The van der Waals surface area contributed by atoms with Crippen molar-refractivity contribution in [3.8, 4) is 0 Å². The Morgan fingerprint density at radius 3 is 2.65 bits per heavy atom. The van der Waals surface area contributed by atoms with E-state index in [0.717, 1.165) is 23.1 Å². The van der Waals surface area contributed by atoms with E-state index < -0.39 is 0 Å². The van der Waals surface area contributed by atoms with E-state index in [1.54, 1.807) is 0 Å². The van der Waals surface area contributed by atoms with Crippen LogP contribution in [0, 0.1) is 0 Å². The number of alkyl halides is 1. The minimum Gasteiger partial charge on any atom is -0.371 e. The van der Waals surface area contributed by atoms with Crippen LogP contribution >= 0.6 is 27.5 Å². The number of nitrogens with zero attached hydrogens (tertiary/aromatic N) is 1. The average molecular weight is 351 g/mol. The molecule has 104 valence electrons. The van der Waals surface area contributed by atoms with Gasteiger partial charge in [-0.25, -0.2) is 0 Å². The summed E-state index contributed by atoms with van der Waals surface area (Å²) in [5.74, 6) is 1.19. The predicted molar refractivity (Wildman–Crippen MR) is 89.7 cm³/mol. The third-order valence-electron chi connectivity index (χ3n) is 4.00. The Morgan fingerprint density at radius 1 is 1.15 bits per heavy atom. The predicted octanol–water partition coefficient (Wildman–Crippen LogP) is 5.18. The van der Waals surface area contributed by atoms with Crippen LogP contribution in [0.3, 0.4) is 0 Å². The van der Waals surface area contributed by atoms with Gasteiger partial charge in [0.2, 0.25) is 0 Å². The van der Waals surface area contributed by atoms with Crippen LogP contribution in [0.25, 0.3) is 0 Å². The highest BCUT2D eigenvalue weighted by atomic mass is 79.9. The molecule has 3 heteroatoms. The first-order valence-electron chi connectivity index (χ1n) is 6.92. The number of hydrogen-bond acceptors (Lipinski definition) is 1. The number of hydrogen-bond donors (Lipinski definition) is 0. The lowest BCUT2D eigenvalue weighted by molar-refractivity contribution is 0.775. The quantitative estimate of drug-likeness (QED) is 0.689. The van der Waals surface area contributed by atoms with Gasteiger partial charge in [0, 0.05) is 35.0 Å². The van der Waals surface area contributed by atoms with Gasteiger partial charge in [0.15, 0.2) is 0 Å². The summed E-state index contributed by atoms with van der Waals surface area (Å²) in [6.45, 7) is 2.21. The van der Waals surface area contributed by atoms with Crippen LogP contribution in [0.15, 0.2) is 53.0 Å². The second-order valence-electron chi connectivity index (χ2n) is 5.25. The Hall–Kier alpha value is -0.990. The Bertz CT molecular complexity index is 585. The molecule has 20 heavy (non-hydrogen) atoms. The van der Waals surface area contributed by atoms with Crippen LogP contribution in [-0.4, -0.2) is 13.1 Å². The number of halogens is 2. The van der Waals surface area contributed by atoms with E-state index in [1.165, 1.54) is 17.7 Å². The molecule has 1 atom stereocenters. The zero-order chi connectivity index (χ0) is 13.9. The molecule has 1 nitrogen and oxygen atoms in total. The number of benzene rings is 2. The fraction of sp³-hybridized carbons (Fsp3) is 0.294. The normalized spacial score (nSPS) is 18.5. The van der Waals surface area contributed by atoms with Gasteiger partial charge in [0.05, 0.1) is 0 Å². The average Bonchev–Trinajstić information content (AvgIpc) is 2.98. The molecule has 1 aliphatic heterocycles. The second kappa shape index (κ2) is 6.19. The topological polar surface area (TPSA) is 3.24 Å². The molecule has 1 fully saturated rings. The summed E-state index contributed by atoms with van der Waals surface area (Å²) in [5.41, 5.74) is 3.88. The molecular weight excluding hydrogens is 334 g/mol. The van der Waals surface area contributed by atoms with Gasteiger partial charge < -0.3 is 4.90 Å². The van der Waals surface area contributed by atoms with Crippen molar-refractivity contribution in [1.29, 1.82) is 0 Å². The fourth-order valence-corrected chi connectivity index (χ4v) is 3.73. The lowest BCUT2D eigenvalue weighted by atomic mass is 9.99. The van der Waals surface area contributed by atoms with E-state index in [4.69, 9.17) is 11.6 Å². The molecule has 2 aromatic rings. The highest BCUT2D eigenvalue weighted by molar-refractivity contribution is 9.10. The lowest BCUT2D eigenvalue weighted by Crippen LogP contribution is -2.19.